The highest BCUT2D eigenvalue weighted by Gasteiger charge is 2.12. The Morgan fingerprint density at radius 3 is 2.35 bits per heavy atom. The van der Waals surface area contributed by atoms with Crippen LogP contribution in [0.25, 0.3) is 0 Å². The number of carbonyl (C=O) groups is 2. The van der Waals surface area contributed by atoms with Crippen LogP contribution in [0.3, 0.4) is 0 Å². The Bertz CT molecular complexity index is 958. The molecule has 0 fully saturated rings. The number of pyridine rings is 1. The van der Waals surface area contributed by atoms with Crippen LogP contribution in [0.2, 0.25) is 5.02 Å². The quantitative estimate of drug-likeness (QED) is 0.712. The molecule has 2 N–H and O–H groups in total. The van der Waals surface area contributed by atoms with E-state index >= 15 is 0 Å². The van der Waals surface area contributed by atoms with Crippen molar-refractivity contribution in [3.8, 4) is 0 Å². The minimum absolute atomic E-state index is 0.156. The number of anilines is 2. The van der Waals surface area contributed by atoms with E-state index in [4.69, 9.17) is 11.6 Å². The fraction of sp³-hybridized carbons (Fsp3) is 0.0500. The molecule has 1 aromatic heterocycles. The molecular formula is C20H16ClN3O2. The first-order chi connectivity index (χ1) is 12.5. The third kappa shape index (κ3) is 4.26. The van der Waals surface area contributed by atoms with E-state index in [0.29, 0.717) is 22.0 Å². The van der Waals surface area contributed by atoms with E-state index in [1.54, 1.807) is 30.3 Å². The van der Waals surface area contributed by atoms with Gasteiger partial charge in [-0.25, -0.2) is 0 Å². The second kappa shape index (κ2) is 7.80. The fourth-order valence-corrected chi connectivity index (χ4v) is 2.47. The summed E-state index contributed by atoms with van der Waals surface area (Å²) in [6.07, 6.45) is 1.43. The molecule has 2 amide bonds. The number of carbonyl (C=O) groups excluding carboxylic acids is 2. The molecule has 0 saturated heterocycles. The number of hydrogen-bond acceptors (Lipinski definition) is 3. The van der Waals surface area contributed by atoms with Crippen LogP contribution in [0.4, 0.5) is 11.4 Å². The van der Waals surface area contributed by atoms with Crippen molar-refractivity contribution < 1.29 is 9.59 Å². The average molecular weight is 366 g/mol. The predicted molar refractivity (Wildman–Crippen MR) is 103 cm³/mol. The molecule has 130 valence electrons. The van der Waals surface area contributed by atoms with Crippen molar-refractivity contribution in [1.82, 2.24) is 4.98 Å². The molecule has 3 aromatic rings. The number of nitrogens with one attached hydrogen (secondary N) is 2. The number of amides is 2. The molecule has 0 unspecified atom stereocenters. The van der Waals surface area contributed by atoms with E-state index in [1.807, 2.05) is 31.2 Å². The molecule has 3 rings (SSSR count). The lowest BCUT2D eigenvalue weighted by Gasteiger charge is -2.08. The van der Waals surface area contributed by atoms with Gasteiger partial charge in [0.2, 0.25) is 0 Å². The second-order valence-corrected chi connectivity index (χ2v) is 6.08. The maximum absolute atomic E-state index is 12.4. The zero-order valence-corrected chi connectivity index (χ0v) is 14.7. The summed E-state index contributed by atoms with van der Waals surface area (Å²) in [6.45, 7) is 1.88. The van der Waals surface area contributed by atoms with Crippen molar-refractivity contribution >= 4 is 34.8 Å². The number of benzene rings is 2. The summed E-state index contributed by atoms with van der Waals surface area (Å²) in [5.41, 5.74) is 2.65. The lowest BCUT2D eigenvalue weighted by Crippen LogP contribution is -2.17. The van der Waals surface area contributed by atoms with E-state index in [-0.39, 0.29) is 17.5 Å². The summed E-state index contributed by atoms with van der Waals surface area (Å²) < 4.78 is 0. The summed E-state index contributed by atoms with van der Waals surface area (Å²) in [5, 5.41) is 6.07. The maximum atomic E-state index is 12.4. The van der Waals surface area contributed by atoms with Crippen molar-refractivity contribution in [3.05, 3.63) is 88.7 Å². The monoisotopic (exact) mass is 365 g/mol. The summed E-state index contributed by atoms with van der Waals surface area (Å²) in [4.78, 5) is 28.8. The van der Waals surface area contributed by atoms with E-state index in [9.17, 15) is 9.59 Å². The van der Waals surface area contributed by atoms with Crippen molar-refractivity contribution in [2.45, 2.75) is 6.92 Å². The third-order valence-electron chi connectivity index (χ3n) is 3.72. The number of aryl methyl sites for hydroxylation is 1. The van der Waals surface area contributed by atoms with Gasteiger partial charge in [-0.3, -0.25) is 14.6 Å². The van der Waals surface area contributed by atoms with Crippen LogP contribution in [-0.4, -0.2) is 16.8 Å². The predicted octanol–water partition coefficient (Wildman–Crippen LogP) is 4.55. The largest absolute Gasteiger partial charge is 0.322 e. The zero-order valence-electron chi connectivity index (χ0n) is 14.0. The molecular weight excluding hydrogens is 350 g/mol. The Morgan fingerprint density at radius 2 is 1.62 bits per heavy atom. The number of halogens is 1. The number of hydrogen-bond donors (Lipinski definition) is 2. The van der Waals surface area contributed by atoms with Gasteiger partial charge in [-0.2, -0.15) is 0 Å². The first kappa shape index (κ1) is 17.6. The van der Waals surface area contributed by atoms with Gasteiger partial charge in [-0.1, -0.05) is 35.9 Å². The van der Waals surface area contributed by atoms with Crippen LogP contribution in [0.5, 0.6) is 0 Å². The van der Waals surface area contributed by atoms with Crippen molar-refractivity contribution in [2.75, 3.05) is 10.6 Å². The van der Waals surface area contributed by atoms with Gasteiger partial charge in [0, 0.05) is 28.2 Å². The molecule has 0 aliphatic rings. The normalized spacial score (nSPS) is 10.2. The minimum atomic E-state index is -0.385. The standard InChI is InChI=1S/C20H16ClN3O2/c1-13-7-8-16(12-17(13)21)24-19(25)14-9-10-22-18(11-14)20(26)23-15-5-3-2-4-6-15/h2-12H,1H3,(H,23,26)(H,24,25). The molecule has 5 nitrogen and oxygen atoms in total. The first-order valence-electron chi connectivity index (χ1n) is 7.93. The van der Waals surface area contributed by atoms with Crippen LogP contribution in [0.15, 0.2) is 66.9 Å². The molecule has 0 aliphatic carbocycles. The molecule has 2 aromatic carbocycles. The molecule has 0 bridgehead atoms. The summed E-state index contributed by atoms with van der Waals surface area (Å²) in [7, 11) is 0. The van der Waals surface area contributed by atoms with E-state index in [2.05, 4.69) is 15.6 Å². The van der Waals surface area contributed by atoms with Crippen LogP contribution in [0, 0.1) is 6.92 Å². The highest BCUT2D eigenvalue weighted by Crippen LogP contribution is 2.20. The molecule has 0 aliphatic heterocycles. The van der Waals surface area contributed by atoms with Gasteiger partial charge in [0.05, 0.1) is 0 Å². The molecule has 0 spiro atoms. The van der Waals surface area contributed by atoms with Crippen LogP contribution in [0.1, 0.15) is 26.4 Å². The molecule has 0 radical (unpaired) electrons. The highest BCUT2D eigenvalue weighted by molar-refractivity contribution is 6.31. The first-order valence-corrected chi connectivity index (χ1v) is 8.31. The summed E-state index contributed by atoms with van der Waals surface area (Å²) >= 11 is 6.07. The van der Waals surface area contributed by atoms with Gasteiger partial charge in [-0.15, -0.1) is 0 Å². The minimum Gasteiger partial charge on any atom is -0.322 e. The number of para-hydroxylation sites is 1. The SMILES string of the molecule is Cc1ccc(NC(=O)c2ccnc(C(=O)Nc3ccccc3)c2)cc1Cl. The van der Waals surface area contributed by atoms with Crippen LogP contribution in [-0.2, 0) is 0 Å². The number of rotatable bonds is 4. The van der Waals surface area contributed by atoms with Gasteiger partial charge < -0.3 is 10.6 Å². The summed E-state index contributed by atoms with van der Waals surface area (Å²) in [5.74, 6) is -0.731. The Kier molecular flexibility index (Phi) is 5.29. The molecule has 0 saturated carbocycles. The van der Waals surface area contributed by atoms with E-state index in [1.165, 1.54) is 12.3 Å². The Labute approximate surface area is 156 Å². The molecule has 0 atom stereocenters. The Balaban J connectivity index is 1.74. The van der Waals surface area contributed by atoms with Crippen molar-refractivity contribution in [1.29, 1.82) is 0 Å². The molecule has 6 heteroatoms. The van der Waals surface area contributed by atoms with E-state index in [0.717, 1.165) is 5.56 Å². The van der Waals surface area contributed by atoms with Gasteiger partial charge in [0.1, 0.15) is 5.69 Å². The maximum Gasteiger partial charge on any atom is 0.274 e. The topological polar surface area (TPSA) is 71.1 Å². The average Bonchev–Trinajstić information content (AvgIpc) is 2.65. The molecule has 26 heavy (non-hydrogen) atoms. The van der Waals surface area contributed by atoms with Gasteiger partial charge in [0.15, 0.2) is 0 Å². The van der Waals surface area contributed by atoms with E-state index < -0.39 is 0 Å². The Hall–Kier alpha value is -3.18. The molecule has 1 heterocycles. The number of nitrogens with zero attached hydrogens (tertiary/aromatic N) is 1. The third-order valence-corrected chi connectivity index (χ3v) is 4.12. The van der Waals surface area contributed by atoms with Crippen LogP contribution < -0.4 is 10.6 Å². The lowest BCUT2D eigenvalue weighted by molar-refractivity contribution is 0.102. The second-order valence-electron chi connectivity index (χ2n) is 5.67. The van der Waals surface area contributed by atoms with Gasteiger partial charge >= 0.3 is 0 Å². The fourth-order valence-electron chi connectivity index (χ4n) is 2.29. The van der Waals surface area contributed by atoms with Gasteiger partial charge in [0.25, 0.3) is 11.8 Å². The van der Waals surface area contributed by atoms with Crippen molar-refractivity contribution in [2.24, 2.45) is 0 Å². The smallest absolute Gasteiger partial charge is 0.274 e. The van der Waals surface area contributed by atoms with Crippen LogP contribution >= 0.6 is 11.6 Å². The summed E-state index contributed by atoms with van der Waals surface area (Å²) in [6, 6.07) is 17.3. The van der Waals surface area contributed by atoms with Crippen molar-refractivity contribution in [3.63, 3.8) is 0 Å². The highest BCUT2D eigenvalue weighted by atomic mass is 35.5. The number of aromatic nitrogens is 1. The Morgan fingerprint density at radius 1 is 0.885 bits per heavy atom. The zero-order chi connectivity index (χ0) is 18.5. The van der Waals surface area contributed by atoms with Gasteiger partial charge in [-0.05, 0) is 48.9 Å². The lowest BCUT2D eigenvalue weighted by atomic mass is 10.2.